The first-order valence-corrected chi connectivity index (χ1v) is 5.12. The van der Waals surface area contributed by atoms with Crippen LogP contribution >= 0.6 is 11.6 Å². The molecule has 16 heavy (non-hydrogen) atoms. The highest BCUT2D eigenvalue weighted by Gasteiger charge is 2.18. The maximum atomic E-state index is 13.3. The summed E-state index contributed by atoms with van der Waals surface area (Å²) in [5, 5.41) is 11.1. The van der Waals surface area contributed by atoms with Crippen LogP contribution in [0, 0.1) is 17.1 Å². The maximum Gasteiger partial charge on any atom is 0.256 e. The predicted octanol–water partition coefficient (Wildman–Crippen LogP) is 2.51. The molecule has 0 aromatic heterocycles. The van der Waals surface area contributed by atoms with Gasteiger partial charge in [-0.15, -0.1) is 0 Å². The molecule has 0 radical (unpaired) electrons. The van der Waals surface area contributed by atoms with E-state index in [9.17, 15) is 9.18 Å². The van der Waals surface area contributed by atoms with Crippen LogP contribution in [0.5, 0.6) is 0 Å². The molecule has 84 valence electrons. The summed E-state index contributed by atoms with van der Waals surface area (Å²) < 4.78 is 13.3. The first kappa shape index (κ1) is 12.5. The topological polar surface area (TPSA) is 52.9 Å². The number of carbonyl (C=O) groups is 1. The summed E-state index contributed by atoms with van der Waals surface area (Å²) in [5.41, 5.74) is -0.224. The van der Waals surface area contributed by atoms with E-state index in [1.807, 2.05) is 6.07 Å². The normalized spacial score (nSPS) is 11.6. The minimum atomic E-state index is -0.696. The van der Waals surface area contributed by atoms with Gasteiger partial charge in [-0.05, 0) is 18.6 Å². The molecule has 0 heterocycles. The summed E-state index contributed by atoms with van der Waals surface area (Å²) in [6, 6.07) is 5.24. The van der Waals surface area contributed by atoms with E-state index in [0.29, 0.717) is 6.42 Å². The second-order valence-electron chi connectivity index (χ2n) is 3.16. The highest BCUT2D eigenvalue weighted by atomic mass is 35.5. The Bertz CT molecular complexity index is 422. The number of nitriles is 1. The number of nitrogens with one attached hydrogen (secondary N) is 1. The summed E-state index contributed by atoms with van der Waals surface area (Å²) in [7, 11) is 0. The second kappa shape index (κ2) is 5.47. The Balaban J connectivity index is 2.94. The quantitative estimate of drug-likeness (QED) is 0.883. The molecule has 0 aliphatic heterocycles. The molecule has 1 aromatic rings. The molecular formula is C11H10ClFN2O. The van der Waals surface area contributed by atoms with Gasteiger partial charge >= 0.3 is 0 Å². The highest BCUT2D eigenvalue weighted by molar-refractivity contribution is 6.33. The predicted molar refractivity (Wildman–Crippen MR) is 58.6 cm³/mol. The molecule has 0 fully saturated rings. The summed E-state index contributed by atoms with van der Waals surface area (Å²) in [5.74, 6) is -1.37. The third-order valence-corrected chi connectivity index (χ3v) is 2.37. The third kappa shape index (κ3) is 2.71. The first-order chi connectivity index (χ1) is 7.60. The fraction of sp³-hybridized carbons (Fsp3) is 0.273. The van der Waals surface area contributed by atoms with Crippen LogP contribution < -0.4 is 5.32 Å². The van der Waals surface area contributed by atoms with E-state index in [-0.39, 0.29) is 10.6 Å². The van der Waals surface area contributed by atoms with Gasteiger partial charge in [-0.25, -0.2) is 4.39 Å². The molecule has 1 unspecified atom stereocenters. The van der Waals surface area contributed by atoms with Crippen LogP contribution in [0.2, 0.25) is 5.02 Å². The molecule has 1 aromatic carbocycles. The van der Waals surface area contributed by atoms with Gasteiger partial charge in [-0.3, -0.25) is 4.79 Å². The zero-order chi connectivity index (χ0) is 12.1. The van der Waals surface area contributed by atoms with Gasteiger partial charge in [0.1, 0.15) is 11.9 Å². The van der Waals surface area contributed by atoms with Crippen molar-refractivity contribution in [3.63, 3.8) is 0 Å². The minimum Gasteiger partial charge on any atom is -0.336 e. The van der Waals surface area contributed by atoms with Crippen molar-refractivity contribution >= 4 is 17.5 Å². The van der Waals surface area contributed by atoms with E-state index in [1.54, 1.807) is 6.92 Å². The Hall–Kier alpha value is -1.60. The van der Waals surface area contributed by atoms with Crippen molar-refractivity contribution in [3.8, 4) is 6.07 Å². The van der Waals surface area contributed by atoms with Crippen molar-refractivity contribution in [2.24, 2.45) is 0 Å². The number of rotatable bonds is 3. The van der Waals surface area contributed by atoms with Crippen molar-refractivity contribution in [1.82, 2.24) is 5.32 Å². The van der Waals surface area contributed by atoms with Gasteiger partial charge in [0.15, 0.2) is 0 Å². The van der Waals surface area contributed by atoms with Crippen molar-refractivity contribution in [2.45, 2.75) is 19.4 Å². The van der Waals surface area contributed by atoms with E-state index in [2.05, 4.69) is 5.32 Å². The number of hydrogen-bond donors (Lipinski definition) is 1. The van der Waals surface area contributed by atoms with Crippen LogP contribution in [0.1, 0.15) is 23.7 Å². The fourth-order valence-corrected chi connectivity index (χ4v) is 1.42. The Kier molecular flexibility index (Phi) is 4.27. The van der Waals surface area contributed by atoms with E-state index in [4.69, 9.17) is 16.9 Å². The van der Waals surface area contributed by atoms with Crippen LogP contribution in [0.3, 0.4) is 0 Å². The van der Waals surface area contributed by atoms with Crippen LogP contribution in [-0.2, 0) is 0 Å². The lowest BCUT2D eigenvalue weighted by atomic mass is 10.1. The summed E-state index contributed by atoms with van der Waals surface area (Å²) in [4.78, 5) is 11.6. The SMILES string of the molecule is CCC(C#N)NC(=O)c1c(F)cccc1Cl. The minimum absolute atomic E-state index is 0.0327. The zero-order valence-electron chi connectivity index (χ0n) is 8.63. The Morgan fingerprint density at radius 3 is 2.88 bits per heavy atom. The van der Waals surface area contributed by atoms with Gasteiger partial charge in [-0.2, -0.15) is 5.26 Å². The molecule has 1 amide bonds. The number of carbonyl (C=O) groups excluding carboxylic acids is 1. The van der Waals surface area contributed by atoms with E-state index >= 15 is 0 Å². The number of hydrogen-bond acceptors (Lipinski definition) is 2. The van der Waals surface area contributed by atoms with Crippen molar-refractivity contribution in [2.75, 3.05) is 0 Å². The summed E-state index contributed by atoms with van der Waals surface area (Å²) in [6.07, 6.45) is 0.453. The summed E-state index contributed by atoms with van der Waals surface area (Å²) >= 11 is 5.71. The van der Waals surface area contributed by atoms with Gasteiger partial charge in [-0.1, -0.05) is 24.6 Å². The van der Waals surface area contributed by atoms with E-state index in [1.165, 1.54) is 12.1 Å². The average Bonchev–Trinajstić information content (AvgIpc) is 2.25. The van der Waals surface area contributed by atoms with E-state index < -0.39 is 17.8 Å². The van der Waals surface area contributed by atoms with E-state index in [0.717, 1.165) is 6.07 Å². The first-order valence-electron chi connectivity index (χ1n) is 4.74. The average molecular weight is 241 g/mol. The van der Waals surface area contributed by atoms with Crippen LogP contribution in [0.25, 0.3) is 0 Å². The molecule has 0 spiro atoms. The molecule has 3 nitrogen and oxygen atoms in total. The monoisotopic (exact) mass is 240 g/mol. The third-order valence-electron chi connectivity index (χ3n) is 2.06. The molecule has 0 saturated heterocycles. The van der Waals surface area contributed by atoms with Crippen LogP contribution in [0.4, 0.5) is 4.39 Å². The molecule has 0 aliphatic carbocycles. The fourth-order valence-electron chi connectivity index (χ4n) is 1.17. The number of nitrogens with zero attached hydrogens (tertiary/aromatic N) is 1. The number of benzene rings is 1. The van der Waals surface area contributed by atoms with Crippen LogP contribution in [-0.4, -0.2) is 11.9 Å². The van der Waals surface area contributed by atoms with Gasteiger partial charge < -0.3 is 5.32 Å². The molecule has 1 N–H and O–H groups in total. The Morgan fingerprint density at radius 1 is 1.69 bits per heavy atom. The lowest BCUT2D eigenvalue weighted by Crippen LogP contribution is -2.33. The lowest BCUT2D eigenvalue weighted by molar-refractivity contribution is 0.0941. The molecular weight excluding hydrogens is 231 g/mol. The van der Waals surface area contributed by atoms with Gasteiger partial charge in [0.25, 0.3) is 5.91 Å². The highest BCUT2D eigenvalue weighted by Crippen LogP contribution is 2.18. The molecule has 1 atom stereocenters. The molecule has 0 saturated carbocycles. The van der Waals surface area contributed by atoms with Crippen molar-refractivity contribution in [3.05, 3.63) is 34.6 Å². The Morgan fingerprint density at radius 2 is 2.38 bits per heavy atom. The molecule has 0 aliphatic rings. The second-order valence-corrected chi connectivity index (χ2v) is 3.57. The number of amides is 1. The maximum absolute atomic E-state index is 13.3. The molecule has 1 rings (SSSR count). The standard InChI is InChI=1S/C11H10ClFN2O/c1-2-7(6-14)15-11(16)10-8(12)4-3-5-9(10)13/h3-5,7H,2H2,1H3,(H,15,16). The van der Waals surface area contributed by atoms with Crippen molar-refractivity contribution in [1.29, 1.82) is 5.26 Å². The summed E-state index contributed by atoms with van der Waals surface area (Å²) in [6.45, 7) is 1.75. The zero-order valence-corrected chi connectivity index (χ0v) is 9.38. The van der Waals surface area contributed by atoms with Gasteiger partial charge in [0.05, 0.1) is 16.7 Å². The van der Waals surface area contributed by atoms with Crippen LogP contribution in [0.15, 0.2) is 18.2 Å². The smallest absolute Gasteiger partial charge is 0.256 e. The Labute approximate surface area is 97.8 Å². The molecule has 0 bridgehead atoms. The van der Waals surface area contributed by atoms with Gasteiger partial charge in [0.2, 0.25) is 0 Å². The lowest BCUT2D eigenvalue weighted by Gasteiger charge is -2.10. The number of halogens is 2. The van der Waals surface area contributed by atoms with Gasteiger partial charge in [0, 0.05) is 0 Å². The van der Waals surface area contributed by atoms with Crippen molar-refractivity contribution < 1.29 is 9.18 Å². The molecule has 5 heteroatoms. The largest absolute Gasteiger partial charge is 0.336 e.